The number of benzene rings is 2. The average molecular weight is 380 g/mol. The lowest BCUT2D eigenvalue weighted by atomic mass is 10.3. The molecule has 0 aliphatic rings. The Morgan fingerprint density at radius 2 is 1.96 bits per heavy atom. The molecule has 0 radical (unpaired) electrons. The molecule has 0 saturated heterocycles. The fourth-order valence-corrected chi connectivity index (χ4v) is 3.77. The summed E-state index contributed by atoms with van der Waals surface area (Å²) in [5.41, 5.74) is 1.33. The molecule has 0 atom stereocenters. The van der Waals surface area contributed by atoms with Crippen LogP contribution in [0.25, 0.3) is 0 Å². The average Bonchev–Trinajstić information content (AvgIpc) is 2.65. The van der Waals surface area contributed by atoms with Crippen molar-refractivity contribution in [3.05, 3.63) is 58.6 Å². The fraction of sp³-hybridized carbons (Fsp3) is 0.133. The van der Waals surface area contributed by atoms with Gasteiger partial charge < -0.3 is 4.74 Å². The number of nitro groups is 1. The van der Waals surface area contributed by atoms with Crippen molar-refractivity contribution in [1.82, 2.24) is 5.43 Å². The molecule has 11 heteroatoms. The van der Waals surface area contributed by atoms with Crippen LogP contribution in [0.5, 0.6) is 5.75 Å². The van der Waals surface area contributed by atoms with E-state index < -0.39 is 38.0 Å². The highest BCUT2D eigenvalue weighted by molar-refractivity contribution is 7.93. The minimum absolute atomic E-state index is 0.0890. The van der Waals surface area contributed by atoms with Gasteiger partial charge in [0.15, 0.2) is 4.90 Å². The Balaban J connectivity index is 2.64. The molecular weight excluding hydrogens is 364 g/mol. The number of rotatable bonds is 7. The summed E-state index contributed by atoms with van der Waals surface area (Å²) in [5.74, 6) is 4.61. The molecule has 2 rings (SSSR count). The van der Waals surface area contributed by atoms with Gasteiger partial charge in [-0.25, -0.2) is 14.3 Å². The highest BCUT2D eigenvalue weighted by Gasteiger charge is 2.33. The topological polar surface area (TPSA) is 145 Å². The van der Waals surface area contributed by atoms with E-state index >= 15 is 0 Å². The molecule has 138 valence electrons. The van der Waals surface area contributed by atoms with Crippen LogP contribution in [0.2, 0.25) is 0 Å². The van der Waals surface area contributed by atoms with Gasteiger partial charge in [0.1, 0.15) is 12.3 Å². The van der Waals surface area contributed by atoms with Crippen LogP contribution < -0.4 is 20.3 Å². The summed E-state index contributed by atoms with van der Waals surface area (Å²) in [6.07, 6.45) is 0. The second-order valence-corrected chi connectivity index (χ2v) is 6.84. The van der Waals surface area contributed by atoms with Gasteiger partial charge >= 0.3 is 0 Å². The van der Waals surface area contributed by atoms with E-state index in [9.17, 15) is 23.3 Å². The van der Waals surface area contributed by atoms with Crippen LogP contribution in [0.1, 0.15) is 0 Å². The van der Waals surface area contributed by atoms with Gasteiger partial charge in [0.2, 0.25) is 0 Å². The first-order valence-corrected chi connectivity index (χ1v) is 8.65. The van der Waals surface area contributed by atoms with E-state index in [1.165, 1.54) is 37.4 Å². The Labute approximate surface area is 149 Å². The zero-order valence-corrected chi connectivity index (χ0v) is 14.5. The SMILES string of the molecule is COc1cccc(N(CC(=O)NN)S(=O)(=O)c2ccccc2[N+](=O)[O-])c1. The number of carbonyl (C=O) groups excluding carboxylic acids is 1. The summed E-state index contributed by atoms with van der Waals surface area (Å²) in [5, 5.41) is 11.2. The molecule has 0 heterocycles. The van der Waals surface area contributed by atoms with E-state index in [4.69, 9.17) is 10.6 Å². The molecule has 0 bridgehead atoms. The van der Waals surface area contributed by atoms with E-state index in [2.05, 4.69) is 0 Å². The quantitative estimate of drug-likeness (QED) is 0.312. The van der Waals surface area contributed by atoms with E-state index in [1.807, 2.05) is 5.43 Å². The highest BCUT2D eigenvalue weighted by atomic mass is 32.2. The van der Waals surface area contributed by atoms with Gasteiger partial charge in [0.25, 0.3) is 21.6 Å². The van der Waals surface area contributed by atoms with E-state index in [0.717, 1.165) is 16.4 Å². The van der Waals surface area contributed by atoms with E-state index in [0.29, 0.717) is 5.75 Å². The van der Waals surface area contributed by atoms with Gasteiger partial charge in [-0.05, 0) is 18.2 Å². The van der Waals surface area contributed by atoms with Gasteiger partial charge in [-0.3, -0.25) is 24.6 Å². The van der Waals surface area contributed by atoms with Crippen molar-refractivity contribution >= 4 is 27.3 Å². The number of amides is 1. The summed E-state index contributed by atoms with van der Waals surface area (Å²) >= 11 is 0. The standard InChI is InChI=1S/C15H16N4O6S/c1-25-12-6-4-5-11(9-12)18(10-15(20)17-16)26(23,24)14-8-3-2-7-13(14)19(21)22/h2-9H,10,16H2,1H3,(H,17,20). The van der Waals surface area contributed by atoms with Crippen LogP contribution in [-0.4, -0.2) is 32.9 Å². The molecule has 0 fully saturated rings. The first-order valence-electron chi connectivity index (χ1n) is 7.21. The maximum Gasteiger partial charge on any atom is 0.289 e. The van der Waals surface area contributed by atoms with Crippen molar-refractivity contribution in [2.24, 2.45) is 5.84 Å². The number of anilines is 1. The monoisotopic (exact) mass is 380 g/mol. The van der Waals surface area contributed by atoms with E-state index in [1.54, 1.807) is 6.07 Å². The minimum Gasteiger partial charge on any atom is -0.497 e. The summed E-state index contributed by atoms with van der Waals surface area (Å²) < 4.78 is 31.9. The van der Waals surface area contributed by atoms with Crippen LogP contribution in [-0.2, 0) is 14.8 Å². The van der Waals surface area contributed by atoms with Crippen molar-refractivity contribution < 1.29 is 22.9 Å². The number of nitrogens with two attached hydrogens (primary N) is 1. The molecule has 2 aromatic carbocycles. The predicted molar refractivity (Wildman–Crippen MR) is 93.0 cm³/mol. The molecule has 3 N–H and O–H groups in total. The Morgan fingerprint density at radius 1 is 1.27 bits per heavy atom. The molecule has 1 amide bonds. The molecule has 0 aliphatic carbocycles. The van der Waals surface area contributed by atoms with E-state index in [-0.39, 0.29) is 5.69 Å². The molecule has 0 aromatic heterocycles. The van der Waals surface area contributed by atoms with Crippen LogP contribution in [0.3, 0.4) is 0 Å². The van der Waals surface area contributed by atoms with Crippen molar-refractivity contribution in [3.63, 3.8) is 0 Å². The van der Waals surface area contributed by atoms with Crippen LogP contribution >= 0.6 is 0 Å². The molecule has 0 spiro atoms. The van der Waals surface area contributed by atoms with Gasteiger partial charge in [-0.15, -0.1) is 0 Å². The van der Waals surface area contributed by atoms with Crippen LogP contribution in [0.4, 0.5) is 11.4 Å². The summed E-state index contributed by atoms with van der Waals surface area (Å²) in [6, 6.07) is 10.8. The largest absolute Gasteiger partial charge is 0.497 e. The number of ether oxygens (including phenoxy) is 1. The smallest absolute Gasteiger partial charge is 0.289 e. The molecule has 0 aliphatic heterocycles. The van der Waals surface area contributed by atoms with Gasteiger partial charge in [-0.2, -0.15) is 0 Å². The zero-order valence-electron chi connectivity index (χ0n) is 13.7. The highest BCUT2D eigenvalue weighted by Crippen LogP contribution is 2.31. The Kier molecular flexibility index (Phi) is 5.75. The summed E-state index contributed by atoms with van der Waals surface area (Å²) in [4.78, 5) is 21.6. The summed E-state index contributed by atoms with van der Waals surface area (Å²) in [7, 11) is -3.04. The lowest BCUT2D eigenvalue weighted by Crippen LogP contribution is -2.43. The Hall–Kier alpha value is -3.18. The van der Waals surface area contributed by atoms with Crippen molar-refractivity contribution in [3.8, 4) is 5.75 Å². The lowest BCUT2D eigenvalue weighted by Gasteiger charge is -2.23. The number of sulfonamides is 1. The first kappa shape index (κ1) is 19.1. The second kappa shape index (κ2) is 7.80. The first-order chi connectivity index (χ1) is 12.3. The molecule has 0 saturated carbocycles. The number of nitrogens with one attached hydrogen (secondary N) is 1. The van der Waals surface area contributed by atoms with Gasteiger partial charge in [0, 0.05) is 12.1 Å². The minimum atomic E-state index is -4.44. The van der Waals surface area contributed by atoms with Crippen LogP contribution in [0.15, 0.2) is 53.4 Å². The molecular formula is C15H16N4O6S. The third-order valence-corrected chi connectivity index (χ3v) is 5.24. The molecule has 0 unspecified atom stereocenters. The number of hydrazine groups is 1. The number of nitrogens with zero attached hydrogens (tertiary/aromatic N) is 2. The molecule has 2 aromatic rings. The number of hydrogen-bond donors (Lipinski definition) is 2. The van der Waals surface area contributed by atoms with Gasteiger partial charge in [0.05, 0.1) is 17.7 Å². The number of hydrogen-bond acceptors (Lipinski definition) is 7. The normalized spacial score (nSPS) is 10.8. The van der Waals surface area contributed by atoms with Crippen molar-refractivity contribution in [2.75, 3.05) is 18.0 Å². The third-order valence-electron chi connectivity index (χ3n) is 3.42. The summed E-state index contributed by atoms with van der Waals surface area (Å²) in [6.45, 7) is -0.669. The fourth-order valence-electron chi connectivity index (χ4n) is 2.20. The number of carbonyl (C=O) groups is 1. The zero-order chi connectivity index (χ0) is 19.3. The Bertz CT molecular complexity index is 931. The van der Waals surface area contributed by atoms with Crippen LogP contribution in [0, 0.1) is 10.1 Å². The third kappa shape index (κ3) is 3.90. The second-order valence-electron chi connectivity index (χ2n) is 5.01. The van der Waals surface area contributed by atoms with Crippen molar-refractivity contribution in [1.29, 1.82) is 0 Å². The maximum absolute atomic E-state index is 13.1. The number of nitro benzene ring substituents is 1. The lowest BCUT2D eigenvalue weighted by molar-refractivity contribution is -0.387. The van der Waals surface area contributed by atoms with Gasteiger partial charge in [-0.1, -0.05) is 18.2 Å². The van der Waals surface area contributed by atoms with Crippen molar-refractivity contribution in [2.45, 2.75) is 4.90 Å². The molecule has 10 nitrogen and oxygen atoms in total. The Morgan fingerprint density at radius 3 is 2.58 bits per heavy atom. The maximum atomic E-state index is 13.1. The number of para-hydroxylation sites is 1. The predicted octanol–water partition coefficient (Wildman–Crippen LogP) is 0.789. The molecule has 26 heavy (non-hydrogen) atoms. The number of methoxy groups -OCH3 is 1.